The summed E-state index contributed by atoms with van der Waals surface area (Å²) in [6, 6.07) is 0.429. The highest BCUT2D eigenvalue weighted by Gasteiger charge is 2.23. The van der Waals surface area contributed by atoms with Crippen molar-refractivity contribution in [3.63, 3.8) is 0 Å². The molecule has 0 aromatic carbocycles. The molecule has 3 N–H and O–H groups in total. The third kappa shape index (κ3) is 7.45. The molecule has 1 atom stereocenters. The zero-order chi connectivity index (χ0) is 15.1. The molecule has 0 bridgehead atoms. The van der Waals surface area contributed by atoms with Crippen molar-refractivity contribution in [1.82, 2.24) is 16.0 Å². The van der Waals surface area contributed by atoms with E-state index in [0.717, 1.165) is 32.4 Å². The molecule has 0 radical (unpaired) electrons. The lowest BCUT2D eigenvalue weighted by atomic mass is 9.84. The molecule has 2 aliphatic rings. The number of amides is 2. The zero-order valence-corrected chi connectivity index (χ0v) is 14.3. The van der Waals surface area contributed by atoms with E-state index in [4.69, 9.17) is 0 Å². The van der Waals surface area contributed by atoms with Crippen LogP contribution < -0.4 is 16.0 Å². The maximum absolute atomic E-state index is 11.9. The summed E-state index contributed by atoms with van der Waals surface area (Å²) in [5, 5.41) is 9.26. The first-order valence-electron chi connectivity index (χ1n) is 8.42. The molecule has 0 aromatic rings. The van der Waals surface area contributed by atoms with Crippen molar-refractivity contribution in [3.05, 3.63) is 0 Å². The molecule has 1 aliphatic heterocycles. The summed E-state index contributed by atoms with van der Waals surface area (Å²) < 4.78 is 0. The van der Waals surface area contributed by atoms with Crippen molar-refractivity contribution < 1.29 is 9.59 Å². The Kier molecular flexibility index (Phi) is 8.79. The van der Waals surface area contributed by atoms with Crippen LogP contribution in [0.25, 0.3) is 0 Å². The van der Waals surface area contributed by atoms with Crippen LogP contribution in [0.15, 0.2) is 0 Å². The summed E-state index contributed by atoms with van der Waals surface area (Å²) in [6.07, 6.45) is 6.45. The summed E-state index contributed by atoms with van der Waals surface area (Å²) in [5.74, 6) is 1.37. The standard InChI is InChI=1S/C16H29N3O2.ClH/c1-12(13-6-9-17-10-7-13)11-16(21)18-8-2-3-15(20)19-14-4-5-14;/h12-14,17H,2-11H2,1H3,(H,18,21)(H,19,20);1H. The van der Waals surface area contributed by atoms with Gasteiger partial charge in [0.25, 0.3) is 0 Å². The third-order valence-corrected chi connectivity index (χ3v) is 4.54. The minimum Gasteiger partial charge on any atom is -0.356 e. The van der Waals surface area contributed by atoms with Crippen LogP contribution in [0, 0.1) is 11.8 Å². The Bertz CT molecular complexity index is 355. The lowest BCUT2D eigenvalue weighted by molar-refractivity contribution is -0.123. The molecule has 128 valence electrons. The van der Waals surface area contributed by atoms with Gasteiger partial charge in [-0.25, -0.2) is 0 Å². The van der Waals surface area contributed by atoms with Gasteiger partial charge in [0, 0.05) is 25.4 Å². The Morgan fingerprint density at radius 2 is 1.82 bits per heavy atom. The highest BCUT2D eigenvalue weighted by Crippen LogP contribution is 2.24. The number of hydrogen-bond donors (Lipinski definition) is 3. The average Bonchev–Trinajstić information content (AvgIpc) is 3.28. The number of halogens is 1. The molecule has 2 rings (SSSR count). The molecule has 1 aliphatic carbocycles. The summed E-state index contributed by atoms with van der Waals surface area (Å²) >= 11 is 0. The van der Waals surface area contributed by atoms with Crippen molar-refractivity contribution in [2.45, 2.75) is 57.9 Å². The lowest BCUT2D eigenvalue weighted by Crippen LogP contribution is -2.34. The largest absolute Gasteiger partial charge is 0.356 e. The minimum absolute atomic E-state index is 0. The van der Waals surface area contributed by atoms with E-state index in [1.807, 2.05) is 0 Å². The second-order valence-electron chi connectivity index (χ2n) is 6.56. The predicted molar refractivity (Wildman–Crippen MR) is 90.0 cm³/mol. The molecule has 1 saturated heterocycles. The molecule has 5 nitrogen and oxygen atoms in total. The van der Waals surface area contributed by atoms with Crippen molar-refractivity contribution in [1.29, 1.82) is 0 Å². The second kappa shape index (κ2) is 10.1. The van der Waals surface area contributed by atoms with Gasteiger partial charge in [-0.3, -0.25) is 9.59 Å². The molecule has 2 fully saturated rings. The third-order valence-electron chi connectivity index (χ3n) is 4.54. The van der Waals surface area contributed by atoms with Crippen LogP contribution in [-0.4, -0.2) is 37.5 Å². The number of carbonyl (C=O) groups is 2. The monoisotopic (exact) mass is 331 g/mol. The molecule has 0 aromatic heterocycles. The molecule has 1 saturated carbocycles. The highest BCUT2D eigenvalue weighted by atomic mass is 35.5. The van der Waals surface area contributed by atoms with Gasteiger partial charge in [0.1, 0.15) is 0 Å². The summed E-state index contributed by atoms with van der Waals surface area (Å²) in [5.41, 5.74) is 0. The van der Waals surface area contributed by atoms with E-state index in [9.17, 15) is 9.59 Å². The first kappa shape index (κ1) is 19.2. The molecular formula is C16H30ClN3O2. The fourth-order valence-electron chi connectivity index (χ4n) is 2.95. The zero-order valence-electron chi connectivity index (χ0n) is 13.5. The Morgan fingerprint density at radius 1 is 1.14 bits per heavy atom. The molecule has 6 heteroatoms. The Labute approximate surface area is 139 Å². The van der Waals surface area contributed by atoms with Crippen LogP contribution >= 0.6 is 12.4 Å². The average molecular weight is 332 g/mol. The van der Waals surface area contributed by atoms with Gasteiger partial charge >= 0.3 is 0 Å². The van der Waals surface area contributed by atoms with E-state index in [1.54, 1.807) is 0 Å². The number of piperidine rings is 1. The number of rotatable bonds is 8. The van der Waals surface area contributed by atoms with Gasteiger partial charge in [-0.1, -0.05) is 6.92 Å². The van der Waals surface area contributed by atoms with Crippen LogP contribution in [0.4, 0.5) is 0 Å². The second-order valence-corrected chi connectivity index (χ2v) is 6.56. The summed E-state index contributed by atoms with van der Waals surface area (Å²) in [6.45, 7) is 4.94. The minimum atomic E-state index is 0. The van der Waals surface area contributed by atoms with E-state index in [0.29, 0.717) is 37.3 Å². The maximum atomic E-state index is 11.9. The Balaban J connectivity index is 0.00000242. The molecule has 1 unspecified atom stereocenters. The molecule has 22 heavy (non-hydrogen) atoms. The van der Waals surface area contributed by atoms with Gasteiger partial charge in [-0.15, -0.1) is 12.4 Å². The van der Waals surface area contributed by atoms with Crippen LogP contribution in [0.2, 0.25) is 0 Å². The number of hydrogen-bond acceptors (Lipinski definition) is 3. The van der Waals surface area contributed by atoms with Gasteiger partial charge in [-0.2, -0.15) is 0 Å². The van der Waals surface area contributed by atoms with Crippen LogP contribution in [0.5, 0.6) is 0 Å². The topological polar surface area (TPSA) is 70.2 Å². The van der Waals surface area contributed by atoms with Crippen LogP contribution in [0.3, 0.4) is 0 Å². The number of carbonyl (C=O) groups excluding carboxylic acids is 2. The van der Waals surface area contributed by atoms with Crippen molar-refractivity contribution >= 4 is 24.2 Å². The Morgan fingerprint density at radius 3 is 2.45 bits per heavy atom. The molecular weight excluding hydrogens is 302 g/mol. The van der Waals surface area contributed by atoms with Gasteiger partial charge in [0.2, 0.25) is 11.8 Å². The SMILES string of the molecule is CC(CC(=O)NCCCC(=O)NC1CC1)C1CCNCC1.Cl. The van der Waals surface area contributed by atoms with Gasteiger partial charge in [0.15, 0.2) is 0 Å². The fraction of sp³-hybridized carbons (Fsp3) is 0.875. The smallest absolute Gasteiger partial charge is 0.220 e. The van der Waals surface area contributed by atoms with E-state index in [1.165, 1.54) is 12.8 Å². The van der Waals surface area contributed by atoms with Gasteiger partial charge < -0.3 is 16.0 Å². The summed E-state index contributed by atoms with van der Waals surface area (Å²) in [7, 11) is 0. The van der Waals surface area contributed by atoms with Crippen molar-refractivity contribution in [3.8, 4) is 0 Å². The molecule has 0 spiro atoms. The van der Waals surface area contributed by atoms with Crippen molar-refractivity contribution in [2.24, 2.45) is 11.8 Å². The maximum Gasteiger partial charge on any atom is 0.220 e. The van der Waals surface area contributed by atoms with E-state index in [2.05, 4.69) is 22.9 Å². The predicted octanol–water partition coefficient (Wildman–Crippen LogP) is 1.61. The van der Waals surface area contributed by atoms with E-state index < -0.39 is 0 Å². The van der Waals surface area contributed by atoms with Gasteiger partial charge in [-0.05, 0) is 57.0 Å². The van der Waals surface area contributed by atoms with Crippen molar-refractivity contribution in [2.75, 3.05) is 19.6 Å². The molecule has 1 heterocycles. The Hall–Kier alpha value is -0.810. The summed E-state index contributed by atoms with van der Waals surface area (Å²) in [4.78, 5) is 23.4. The van der Waals surface area contributed by atoms with Crippen LogP contribution in [-0.2, 0) is 9.59 Å². The quantitative estimate of drug-likeness (QED) is 0.592. The van der Waals surface area contributed by atoms with Gasteiger partial charge in [0.05, 0.1) is 0 Å². The highest BCUT2D eigenvalue weighted by molar-refractivity contribution is 5.85. The lowest BCUT2D eigenvalue weighted by Gasteiger charge is -2.27. The van der Waals surface area contributed by atoms with E-state index >= 15 is 0 Å². The van der Waals surface area contributed by atoms with E-state index in [-0.39, 0.29) is 24.2 Å². The first-order chi connectivity index (χ1) is 10.1. The normalized spacial score (nSPS) is 19.9. The first-order valence-corrected chi connectivity index (χ1v) is 8.42. The van der Waals surface area contributed by atoms with Crippen LogP contribution in [0.1, 0.15) is 51.9 Å². The number of nitrogens with one attached hydrogen (secondary N) is 3. The fourth-order valence-corrected chi connectivity index (χ4v) is 2.95. The molecule has 2 amide bonds.